The van der Waals surface area contributed by atoms with Crippen molar-refractivity contribution in [1.82, 2.24) is 0 Å². The van der Waals surface area contributed by atoms with E-state index in [1.165, 1.54) is 31.4 Å². The van der Waals surface area contributed by atoms with Crippen LogP contribution in [0.1, 0.15) is 11.1 Å². The van der Waals surface area contributed by atoms with Gasteiger partial charge in [-0.05, 0) is 24.3 Å². The molecule has 0 aromatic heterocycles. The third-order valence-corrected chi connectivity index (χ3v) is 1.73. The Hall–Kier alpha value is -2.15. The second-order valence-corrected chi connectivity index (χ2v) is 2.70. The van der Waals surface area contributed by atoms with Crippen molar-refractivity contribution in [3.63, 3.8) is 0 Å². The second-order valence-electron chi connectivity index (χ2n) is 2.70. The molecule has 0 fully saturated rings. The molecule has 1 rings (SSSR count). The highest BCUT2D eigenvalue weighted by Gasteiger charge is 2.01. The first-order valence-electron chi connectivity index (χ1n) is 4.13. The van der Waals surface area contributed by atoms with Crippen molar-refractivity contribution in [2.75, 3.05) is 7.11 Å². The summed E-state index contributed by atoms with van der Waals surface area (Å²) in [5.74, 6) is -1.06. The number of rotatable bonds is 2. The maximum Gasteiger partial charge on any atom is 0.330 e. The molecule has 1 aromatic rings. The fourth-order valence-corrected chi connectivity index (χ4v) is 0.967. The molecule has 1 aromatic carbocycles. The van der Waals surface area contributed by atoms with Crippen LogP contribution in [0.15, 0.2) is 24.3 Å². The summed E-state index contributed by atoms with van der Waals surface area (Å²) in [7, 11) is 1.23. The summed E-state index contributed by atoms with van der Waals surface area (Å²) in [6, 6.07) is 5.78. The fraction of sp³-hybridized carbons (Fsp3) is 0.0909. The largest absolute Gasteiger partial charge is 0.466 e. The van der Waals surface area contributed by atoms with Gasteiger partial charge in [0.15, 0.2) is 0 Å². The van der Waals surface area contributed by atoms with Crippen molar-refractivity contribution >= 4 is 12.0 Å². The number of esters is 1. The summed E-state index contributed by atoms with van der Waals surface area (Å²) in [6.45, 7) is 0. The predicted octanol–water partition coefficient (Wildman–Crippen LogP) is 1.88. The second kappa shape index (κ2) is 4.91. The Morgan fingerprint density at radius 1 is 1.60 bits per heavy atom. The maximum absolute atomic E-state index is 13.1. The molecule has 0 heterocycles. The fourth-order valence-electron chi connectivity index (χ4n) is 0.967. The average molecular weight is 205 g/mol. The van der Waals surface area contributed by atoms with Gasteiger partial charge in [0.2, 0.25) is 0 Å². The van der Waals surface area contributed by atoms with Gasteiger partial charge in [0, 0.05) is 11.6 Å². The number of halogens is 1. The van der Waals surface area contributed by atoms with Gasteiger partial charge in [-0.25, -0.2) is 9.18 Å². The molecule has 0 saturated carbocycles. The number of ether oxygens (including phenoxy) is 1. The van der Waals surface area contributed by atoms with Crippen molar-refractivity contribution in [3.05, 3.63) is 41.2 Å². The van der Waals surface area contributed by atoms with E-state index in [0.717, 1.165) is 6.08 Å². The molecule has 0 unspecified atom stereocenters. The van der Waals surface area contributed by atoms with E-state index in [4.69, 9.17) is 5.26 Å². The highest BCUT2D eigenvalue weighted by atomic mass is 19.1. The zero-order valence-corrected chi connectivity index (χ0v) is 8.03. The number of methoxy groups -OCH3 is 1. The van der Waals surface area contributed by atoms with Crippen LogP contribution in [0.3, 0.4) is 0 Å². The number of nitrogens with zero attached hydrogens (tertiary/aromatic N) is 1. The zero-order chi connectivity index (χ0) is 11.3. The summed E-state index contributed by atoms with van der Waals surface area (Å²) in [5, 5.41) is 8.59. The van der Waals surface area contributed by atoms with E-state index >= 15 is 0 Å². The van der Waals surface area contributed by atoms with Crippen LogP contribution in [0.2, 0.25) is 0 Å². The van der Waals surface area contributed by atoms with Crippen LogP contribution in [-0.4, -0.2) is 13.1 Å². The van der Waals surface area contributed by atoms with Gasteiger partial charge in [-0.15, -0.1) is 0 Å². The Morgan fingerprint density at radius 2 is 2.33 bits per heavy atom. The number of benzene rings is 1. The lowest BCUT2D eigenvalue weighted by Gasteiger charge is -1.96. The summed E-state index contributed by atoms with van der Waals surface area (Å²) in [6.07, 6.45) is 2.36. The highest BCUT2D eigenvalue weighted by Crippen LogP contribution is 2.11. The van der Waals surface area contributed by atoms with Gasteiger partial charge < -0.3 is 4.74 Å². The lowest BCUT2D eigenvalue weighted by Crippen LogP contribution is -1.94. The van der Waals surface area contributed by atoms with Crippen LogP contribution >= 0.6 is 0 Å². The smallest absolute Gasteiger partial charge is 0.330 e. The van der Waals surface area contributed by atoms with Crippen molar-refractivity contribution in [2.24, 2.45) is 0 Å². The molecule has 0 bridgehead atoms. The summed E-state index contributed by atoms with van der Waals surface area (Å²) in [4.78, 5) is 10.8. The van der Waals surface area contributed by atoms with Gasteiger partial charge >= 0.3 is 5.97 Å². The molecule has 0 spiro atoms. The molecule has 0 N–H and O–H groups in total. The van der Waals surface area contributed by atoms with Crippen LogP contribution < -0.4 is 0 Å². The molecule has 0 atom stereocenters. The Labute approximate surface area is 86.4 Å². The van der Waals surface area contributed by atoms with Crippen LogP contribution in [0, 0.1) is 17.1 Å². The molecule has 0 aliphatic rings. The minimum absolute atomic E-state index is 0.180. The highest BCUT2D eigenvalue weighted by molar-refractivity contribution is 5.87. The Bertz CT molecular complexity index is 446. The molecule has 0 saturated heterocycles. The average Bonchev–Trinajstić information content (AvgIpc) is 2.27. The van der Waals surface area contributed by atoms with E-state index in [9.17, 15) is 9.18 Å². The third-order valence-electron chi connectivity index (χ3n) is 1.73. The first kappa shape index (κ1) is 10.9. The number of hydrogen-bond acceptors (Lipinski definition) is 3. The van der Waals surface area contributed by atoms with E-state index in [1.54, 1.807) is 0 Å². The molecular weight excluding hydrogens is 197 g/mol. The monoisotopic (exact) mass is 205 g/mol. The number of carbonyl (C=O) groups excluding carboxylic acids is 1. The van der Waals surface area contributed by atoms with E-state index in [-0.39, 0.29) is 5.56 Å². The first-order valence-corrected chi connectivity index (χ1v) is 4.13. The van der Waals surface area contributed by atoms with Gasteiger partial charge in [0.05, 0.1) is 18.7 Å². The maximum atomic E-state index is 13.1. The molecule has 0 amide bonds. The number of carbonyl (C=O) groups is 1. The number of hydrogen-bond donors (Lipinski definition) is 0. The number of nitriles is 1. The molecule has 15 heavy (non-hydrogen) atoms. The van der Waals surface area contributed by atoms with Gasteiger partial charge in [-0.3, -0.25) is 0 Å². The van der Waals surface area contributed by atoms with E-state index < -0.39 is 11.8 Å². The Kier molecular flexibility index (Phi) is 3.58. The van der Waals surface area contributed by atoms with Gasteiger partial charge in [0.25, 0.3) is 0 Å². The summed E-state index contributed by atoms with van der Waals surface area (Å²) >= 11 is 0. The standard InChI is InChI=1S/C11H8FNO2/c1-15-11(14)5-3-9-6-8(7-13)2-4-10(9)12/h2-6H,1H3/b5-3-. The van der Waals surface area contributed by atoms with Gasteiger partial charge in [0.1, 0.15) is 5.82 Å². The topological polar surface area (TPSA) is 50.1 Å². The van der Waals surface area contributed by atoms with Crippen LogP contribution in [0.5, 0.6) is 0 Å². The molecule has 0 aliphatic heterocycles. The van der Waals surface area contributed by atoms with Crippen LogP contribution in [0.4, 0.5) is 4.39 Å². The first-order chi connectivity index (χ1) is 7.17. The van der Waals surface area contributed by atoms with Crippen LogP contribution in [0.25, 0.3) is 6.08 Å². The normalized spacial score (nSPS) is 9.93. The van der Waals surface area contributed by atoms with E-state index in [2.05, 4.69) is 4.74 Å². The molecule has 0 aliphatic carbocycles. The molecule has 3 nitrogen and oxygen atoms in total. The van der Waals surface area contributed by atoms with E-state index in [0.29, 0.717) is 5.56 Å². The summed E-state index contributed by atoms with van der Waals surface area (Å²) < 4.78 is 17.5. The molecule has 0 radical (unpaired) electrons. The van der Waals surface area contributed by atoms with E-state index in [1.807, 2.05) is 6.07 Å². The lowest BCUT2D eigenvalue weighted by atomic mass is 10.1. The van der Waals surface area contributed by atoms with Crippen LogP contribution in [-0.2, 0) is 9.53 Å². The molecule has 4 heteroatoms. The lowest BCUT2D eigenvalue weighted by molar-refractivity contribution is -0.134. The summed E-state index contributed by atoms with van der Waals surface area (Å²) in [5.41, 5.74) is 0.514. The van der Waals surface area contributed by atoms with Crippen molar-refractivity contribution < 1.29 is 13.9 Å². The Balaban J connectivity index is 2.99. The third kappa shape index (κ3) is 2.92. The molecule has 76 valence electrons. The van der Waals surface area contributed by atoms with Crippen molar-refractivity contribution in [1.29, 1.82) is 5.26 Å². The van der Waals surface area contributed by atoms with Crippen molar-refractivity contribution in [3.8, 4) is 6.07 Å². The zero-order valence-electron chi connectivity index (χ0n) is 8.03. The molecular formula is C11H8FNO2. The minimum Gasteiger partial charge on any atom is -0.466 e. The predicted molar refractivity (Wildman–Crippen MR) is 52.2 cm³/mol. The van der Waals surface area contributed by atoms with Crippen molar-refractivity contribution in [2.45, 2.75) is 0 Å². The minimum atomic E-state index is -0.572. The Morgan fingerprint density at radius 3 is 2.93 bits per heavy atom. The van der Waals surface area contributed by atoms with Gasteiger partial charge in [-0.2, -0.15) is 5.26 Å². The SMILES string of the molecule is COC(=O)/C=C\c1cc(C#N)ccc1F. The quantitative estimate of drug-likeness (QED) is 0.547. The van der Waals surface area contributed by atoms with Gasteiger partial charge in [-0.1, -0.05) is 0 Å².